The van der Waals surface area contributed by atoms with Crippen LogP contribution in [-0.2, 0) is 14.3 Å². The van der Waals surface area contributed by atoms with E-state index in [0.717, 1.165) is 5.56 Å². The summed E-state index contributed by atoms with van der Waals surface area (Å²) in [6.07, 6.45) is -0.824. The smallest absolute Gasteiger partial charge is 0.334 e. The van der Waals surface area contributed by atoms with Crippen molar-refractivity contribution in [3.8, 4) is 0 Å². The maximum atomic E-state index is 11.5. The van der Waals surface area contributed by atoms with Gasteiger partial charge in [-0.2, -0.15) is 0 Å². The van der Waals surface area contributed by atoms with E-state index in [1.165, 1.54) is 0 Å². The second-order valence-electron chi connectivity index (χ2n) is 3.63. The maximum absolute atomic E-state index is 11.5. The van der Waals surface area contributed by atoms with E-state index in [0.29, 0.717) is 0 Å². The molecule has 1 rings (SSSR count). The molecule has 0 aliphatic carbocycles. The average molecular weight is 234 g/mol. The molecule has 1 N–H and O–H groups in total. The van der Waals surface area contributed by atoms with Gasteiger partial charge in [-0.25, -0.2) is 4.79 Å². The highest BCUT2D eigenvalue weighted by atomic mass is 16.5. The summed E-state index contributed by atoms with van der Waals surface area (Å²) in [5, 5.41) is 8.52. The highest BCUT2D eigenvalue weighted by Crippen LogP contribution is 2.17. The Bertz CT molecular complexity index is 422. The fraction of sp³-hybridized carbons (Fsp3) is 0.231. The Morgan fingerprint density at radius 2 is 1.94 bits per heavy atom. The predicted octanol–water partition coefficient (Wildman–Crippen LogP) is 2.32. The summed E-state index contributed by atoms with van der Waals surface area (Å²) in [5.41, 5.74) is 0.796. The quantitative estimate of drug-likeness (QED) is 0.627. The fourth-order valence-corrected chi connectivity index (χ4v) is 1.29. The molecular formula is C13H14O4. The van der Waals surface area contributed by atoms with Gasteiger partial charge in [0.1, 0.15) is 6.10 Å². The van der Waals surface area contributed by atoms with Crippen molar-refractivity contribution in [1.82, 2.24) is 0 Å². The first-order valence-electron chi connectivity index (χ1n) is 5.16. The van der Waals surface area contributed by atoms with Crippen molar-refractivity contribution in [1.29, 1.82) is 0 Å². The zero-order valence-corrected chi connectivity index (χ0v) is 9.55. The zero-order valence-electron chi connectivity index (χ0n) is 9.55. The van der Waals surface area contributed by atoms with Gasteiger partial charge in [0.2, 0.25) is 0 Å². The summed E-state index contributed by atoms with van der Waals surface area (Å²) in [5.74, 6) is -1.77. The molecule has 1 unspecified atom stereocenters. The molecule has 0 aliphatic rings. The molecular weight excluding hydrogens is 220 g/mol. The minimum absolute atomic E-state index is 0.0553. The van der Waals surface area contributed by atoms with Gasteiger partial charge in [0, 0.05) is 5.57 Å². The Labute approximate surface area is 99.5 Å². The van der Waals surface area contributed by atoms with Crippen molar-refractivity contribution in [2.24, 2.45) is 0 Å². The Hall–Kier alpha value is -2.10. The summed E-state index contributed by atoms with van der Waals surface area (Å²) < 4.78 is 5.10. The first kappa shape index (κ1) is 13.0. The number of benzene rings is 1. The summed E-state index contributed by atoms with van der Waals surface area (Å²) in [4.78, 5) is 21.9. The molecule has 90 valence electrons. The van der Waals surface area contributed by atoms with Gasteiger partial charge in [-0.3, -0.25) is 4.79 Å². The molecule has 0 saturated carbocycles. The van der Waals surface area contributed by atoms with E-state index in [4.69, 9.17) is 9.84 Å². The average Bonchev–Trinajstić information content (AvgIpc) is 2.29. The molecule has 1 aromatic carbocycles. The van der Waals surface area contributed by atoms with Gasteiger partial charge in [-0.05, 0) is 12.5 Å². The number of hydrogen-bond donors (Lipinski definition) is 1. The van der Waals surface area contributed by atoms with E-state index in [-0.39, 0.29) is 5.57 Å². The number of carbonyl (C=O) groups excluding carboxylic acids is 1. The minimum Gasteiger partial charge on any atom is -0.481 e. The SMILES string of the molecule is C=C(CC(=O)O)C(=O)OC(C)c1ccccc1. The van der Waals surface area contributed by atoms with Crippen LogP contribution >= 0.6 is 0 Å². The van der Waals surface area contributed by atoms with Crippen LogP contribution in [0.2, 0.25) is 0 Å². The molecule has 0 saturated heterocycles. The van der Waals surface area contributed by atoms with E-state index in [2.05, 4.69) is 6.58 Å². The van der Waals surface area contributed by atoms with Crippen LogP contribution in [0.15, 0.2) is 42.5 Å². The molecule has 0 aliphatic heterocycles. The molecule has 1 atom stereocenters. The lowest BCUT2D eigenvalue weighted by Crippen LogP contribution is -2.13. The molecule has 0 bridgehead atoms. The molecule has 0 radical (unpaired) electrons. The number of carboxylic acid groups (broad SMARTS) is 1. The third kappa shape index (κ3) is 4.10. The highest BCUT2D eigenvalue weighted by Gasteiger charge is 2.16. The molecule has 0 spiro atoms. The third-order valence-corrected chi connectivity index (χ3v) is 2.21. The largest absolute Gasteiger partial charge is 0.481 e. The van der Waals surface area contributed by atoms with Crippen LogP contribution < -0.4 is 0 Å². The lowest BCUT2D eigenvalue weighted by atomic mass is 10.1. The van der Waals surface area contributed by atoms with Gasteiger partial charge in [0.15, 0.2) is 0 Å². The molecule has 0 amide bonds. The lowest BCUT2D eigenvalue weighted by molar-refractivity contribution is -0.146. The van der Waals surface area contributed by atoms with E-state index in [1.54, 1.807) is 6.92 Å². The number of carboxylic acids is 1. The van der Waals surface area contributed by atoms with Crippen LogP contribution in [-0.4, -0.2) is 17.0 Å². The van der Waals surface area contributed by atoms with Gasteiger partial charge in [-0.1, -0.05) is 36.9 Å². The standard InChI is InChI=1S/C13H14O4/c1-9(8-12(14)15)13(16)17-10(2)11-6-4-3-5-7-11/h3-7,10H,1,8H2,2H3,(H,14,15). The van der Waals surface area contributed by atoms with Crippen molar-refractivity contribution >= 4 is 11.9 Å². The first-order chi connectivity index (χ1) is 8.00. The normalized spacial score (nSPS) is 11.6. The second kappa shape index (κ2) is 5.84. The maximum Gasteiger partial charge on any atom is 0.334 e. The first-order valence-corrected chi connectivity index (χ1v) is 5.16. The highest BCUT2D eigenvalue weighted by molar-refractivity contribution is 5.92. The Kier molecular flexibility index (Phi) is 4.46. The minimum atomic E-state index is -1.10. The lowest BCUT2D eigenvalue weighted by Gasteiger charge is -2.13. The molecule has 4 heteroatoms. The third-order valence-electron chi connectivity index (χ3n) is 2.21. The van der Waals surface area contributed by atoms with Crippen LogP contribution in [0.1, 0.15) is 25.0 Å². The fourth-order valence-electron chi connectivity index (χ4n) is 1.29. The van der Waals surface area contributed by atoms with Crippen LogP contribution in [0.5, 0.6) is 0 Å². The van der Waals surface area contributed by atoms with E-state index >= 15 is 0 Å². The Morgan fingerprint density at radius 3 is 2.47 bits per heavy atom. The summed E-state index contributed by atoms with van der Waals surface area (Å²) in [6, 6.07) is 9.20. The Balaban J connectivity index is 2.57. The van der Waals surface area contributed by atoms with Crippen molar-refractivity contribution in [2.75, 3.05) is 0 Å². The molecule has 0 aromatic heterocycles. The summed E-state index contributed by atoms with van der Waals surface area (Å²) in [7, 11) is 0. The number of ether oxygens (including phenoxy) is 1. The number of carbonyl (C=O) groups is 2. The van der Waals surface area contributed by atoms with Crippen molar-refractivity contribution in [2.45, 2.75) is 19.4 Å². The van der Waals surface area contributed by atoms with Gasteiger partial charge < -0.3 is 9.84 Å². The monoisotopic (exact) mass is 234 g/mol. The molecule has 17 heavy (non-hydrogen) atoms. The number of hydrogen-bond acceptors (Lipinski definition) is 3. The molecule has 4 nitrogen and oxygen atoms in total. The summed E-state index contributed by atoms with van der Waals surface area (Å²) >= 11 is 0. The van der Waals surface area contributed by atoms with Crippen molar-refractivity contribution in [3.05, 3.63) is 48.0 Å². The van der Waals surface area contributed by atoms with Gasteiger partial charge in [-0.15, -0.1) is 0 Å². The van der Waals surface area contributed by atoms with Crippen molar-refractivity contribution in [3.63, 3.8) is 0 Å². The van der Waals surface area contributed by atoms with Crippen LogP contribution in [0.3, 0.4) is 0 Å². The zero-order chi connectivity index (χ0) is 12.8. The number of rotatable bonds is 5. The molecule has 0 fully saturated rings. The van der Waals surface area contributed by atoms with Gasteiger partial charge in [0.05, 0.1) is 6.42 Å². The van der Waals surface area contributed by atoms with Crippen LogP contribution in [0.25, 0.3) is 0 Å². The van der Waals surface area contributed by atoms with Crippen LogP contribution in [0, 0.1) is 0 Å². The number of aliphatic carboxylic acids is 1. The van der Waals surface area contributed by atoms with Gasteiger partial charge >= 0.3 is 11.9 Å². The predicted molar refractivity (Wildman–Crippen MR) is 62.3 cm³/mol. The van der Waals surface area contributed by atoms with E-state index in [1.807, 2.05) is 30.3 Å². The van der Waals surface area contributed by atoms with Crippen LogP contribution in [0.4, 0.5) is 0 Å². The molecule has 1 aromatic rings. The second-order valence-corrected chi connectivity index (χ2v) is 3.63. The van der Waals surface area contributed by atoms with Crippen molar-refractivity contribution < 1.29 is 19.4 Å². The van der Waals surface area contributed by atoms with E-state index < -0.39 is 24.5 Å². The number of esters is 1. The topological polar surface area (TPSA) is 63.6 Å². The van der Waals surface area contributed by atoms with Gasteiger partial charge in [0.25, 0.3) is 0 Å². The summed E-state index contributed by atoms with van der Waals surface area (Å²) in [6.45, 7) is 5.11. The molecule has 0 heterocycles. The Morgan fingerprint density at radius 1 is 1.35 bits per heavy atom. The van der Waals surface area contributed by atoms with E-state index in [9.17, 15) is 9.59 Å².